The van der Waals surface area contributed by atoms with Gasteiger partial charge in [-0.25, -0.2) is 4.79 Å². The summed E-state index contributed by atoms with van der Waals surface area (Å²) in [6.45, 7) is 7.74. The zero-order valence-corrected chi connectivity index (χ0v) is 12.5. The molecular weight excluding hydrogens is 244 g/mol. The Morgan fingerprint density at radius 2 is 1.84 bits per heavy atom. The first-order chi connectivity index (χ1) is 9.04. The molecule has 0 aliphatic carbocycles. The highest BCUT2D eigenvalue weighted by Gasteiger charge is 2.15. The molecule has 4 heteroatoms. The van der Waals surface area contributed by atoms with Crippen molar-refractivity contribution in [3.63, 3.8) is 0 Å². The lowest BCUT2D eigenvalue weighted by atomic mass is 10.2. The summed E-state index contributed by atoms with van der Waals surface area (Å²) in [4.78, 5) is 23.2. The van der Waals surface area contributed by atoms with Gasteiger partial charge in [-0.3, -0.25) is 4.79 Å². The normalized spacial score (nSPS) is 12.9. The number of ether oxygens (including phenoxy) is 2. The highest BCUT2D eigenvalue weighted by atomic mass is 16.6. The lowest BCUT2D eigenvalue weighted by Gasteiger charge is -2.13. The fraction of sp³-hybridized carbons (Fsp3) is 0.733. The van der Waals surface area contributed by atoms with E-state index in [2.05, 4.69) is 0 Å². The second kappa shape index (κ2) is 10.6. The Kier molecular flexibility index (Phi) is 9.85. The van der Waals surface area contributed by atoms with E-state index in [1.807, 2.05) is 27.7 Å². The summed E-state index contributed by atoms with van der Waals surface area (Å²) in [5.74, 6) is -0.659. The second-order valence-electron chi connectivity index (χ2n) is 4.55. The monoisotopic (exact) mass is 270 g/mol. The van der Waals surface area contributed by atoms with Crippen LogP contribution in [-0.4, -0.2) is 24.6 Å². The summed E-state index contributed by atoms with van der Waals surface area (Å²) in [5.41, 5.74) is 0.437. The van der Waals surface area contributed by atoms with Crippen molar-refractivity contribution < 1.29 is 19.1 Å². The second-order valence-corrected chi connectivity index (χ2v) is 4.55. The number of esters is 2. The van der Waals surface area contributed by atoms with Crippen LogP contribution in [0.5, 0.6) is 0 Å². The standard InChI is InChI=1S/C15H26O4/c1-5-8-10-13(11-18-14(16)9-6-2)15(17)19-12(4)7-3/h10,12H,5-9,11H2,1-4H3. The minimum Gasteiger partial charge on any atom is -0.461 e. The maximum atomic E-state index is 11.9. The molecule has 19 heavy (non-hydrogen) atoms. The fourth-order valence-electron chi connectivity index (χ4n) is 1.30. The van der Waals surface area contributed by atoms with Gasteiger partial charge in [-0.2, -0.15) is 0 Å². The zero-order valence-electron chi connectivity index (χ0n) is 12.5. The molecule has 1 atom stereocenters. The fourth-order valence-corrected chi connectivity index (χ4v) is 1.30. The van der Waals surface area contributed by atoms with Crippen LogP contribution in [0.4, 0.5) is 0 Å². The Morgan fingerprint density at radius 1 is 1.16 bits per heavy atom. The van der Waals surface area contributed by atoms with E-state index in [0.29, 0.717) is 12.0 Å². The van der Waals surface area contributed by atoms with Crippen molar-refractivity contribution in [2.75, 3.05) is 6.61 Å². The van der Waals surface area contributed by atoms with Gasteiger partial charge in [-0.05, 0) is 26.2 Å². The molecule has 0 spiro atoms. The topological polar surface area (TPSA) is 52.6 Å². The van der Waals surface area contributed by atoms with Gasteiger partial charge in [0.25, 0.3) is 0 Å². The van der Waals surface area contributed by atoms with Crippen LogP contribution in [0, 0.1) is 0 Å². The van der Waals surface area contributed by atoms with E-state index in [0.717, 1.165) is 25.7 Å². The van der Waals surface area contributed by atoms with Gasteiger partial charge < -0.3 is 9.47 Å². The number of allylic oxidation sites excluding steroid dienone is 1. The Balaban J connectivity index is 4.46. The molecular formula is C15H26O4. The van der Waals surface area contributed by atoms with Crippen molar-refractivity contribution >= 4 is 11.9 Å². The molecule has 0 aromatic rings. The van der Waals surface area contributed by atoms with E-state index in [9.17, 15) is 9.59 Å². The van der Waals surface area contributed by atoms with Crippen LogP contribution < -0.4 is 0 Å². The number of carbonyl (C=O) groups is 2. The minimum absolute atomic E-state index is 0.00804. The smallest absolute Gasteiger partial charge is 0.337 e. The molecule has 4 nitrogen and oxygen atoms in total. The molecule has 110 valence electrons. The Hall–Kier alpha value is -1.32. The molecule has 0 rings (SSSR count). The van der Waals surface area contributed by atoms with Crippen LogP contribution in [0.1, 0.15) is 59.8 Å². The summed E-state index contributed by atoms with van der Waals surface area (Å²) in [5, 5.41) is 0. The van der Waals surface area contributed by atoms with E-state index < -0.39 is 0 Å². The predicted octanol–water partition coefficient (Wildman–Crippen LogP) is 3.40. The third-order valence-corrected chi connectivity index (χ3v) is 2.67. The van der Waals surface area contributed by atoms with Crippen molar-refractivity contribution in [2.24, 2.45) is 0 Å². The first-order valence-corrected chi connectivity index (χ1v) is 7.10. The van der Waals surface area contributed by atoms with Crippen molar-refractivity contribution in [3.8, 4) is 0 Å². The van der Waals surface area contributed by atoms with Gasteiger partial charge in [0.1, 0.15) is 6.61 Å². The first-order valence-electron chi connectivity index (χ1n) is 7.10. The molecule has 0 aliphatic rings. The summed E-state index contributed by atoms with van der Waals surface area (Å²) in [7, 11) is 0. The van der Waals surface area contributed by atoms with Gasteiger partial charge in [0.15, 0.2) is 0 Å². The largest absolute Gasteiger partial charge is 0.461 e. The van der Waals surface area contributed by atoms with Crippen molar-refractivity contribution in [1.29, 1.82) is 0 Å². The number of carbonyl (C=O) groups excluding carboxylic acids is 2. The maximum Gasteiger partial charge on any atom is 0.337 e. The van der Waals surface area contributed by atoms with Crippen molar-refractivity contribution in [1.82, 2.24) is 0 Å². The van der Waals surface area contributed by atoms with Gasteiger partial charge in [-0.15, -0.1) is 0 Å². The van der Waals surface area contributed by atoms with Gasteiger partial charge in [0.05, 0.1) is 11.7 Å². The van der Waals surface area contributed by atoms with Gasteiger partial charge >= 0.3 is 11.9 Å². The molecule has 0 N–H and O–H groups in total. The SMILES string of the molecule is CCCC=C(COC(=O)CCC)C(=O)OC(C)CC. The van der Waals surface area contributed by atoms with E-state index in [4.69, 9.17) is 9.47 Å². The molecule has 0 bridgehead atoms. The number of rotatable bonds is 9. The lowest BCUT2D eigenvalue weighted by Crippen LogP contribution is -2.19. The highest BCUT2D eigenvalue weighted by molar-refractivity contribution is 5.89. The summed E-state index contributed by atoms with van der Waals surface area (Å²) >= 11 is 0. The highest BCUT2D eigenvalue weighted by Crippen LogP contribution is 2.08. The molecule has 0 amide bonds. The molecule has 0 saturated heterocycles. The third kappa shape index (κ3) is 8.41. The molecule has 1 unspecified atom stereocenters. The van der Waals surface area contributed by atoms with Crippen LogP contribution in [0.25, 0.3) is 0 Å². The molecule has 0 saturated carbocycles. The molecule has 0 aliphatic heterocycles. The quantitative estimate of drug-likeness (QED) is 0.476. The Morgan fingerprint density at radius 3 is 2.37 bits per heavy atom. The van der Waals surface area contributed by atoms with Crippen LogP contribution in [-0.2, 0) is 19.1 Å². The maximum absolute atomic E-state index is 11.9. The van der Waals surface area contributed by atoms with Crippen molar-refractivity contribution in [2.45, 2.75) is 65.9 Å². The van der Waals surface area contributed by atoms with Crippen LogP contribution >= 0.6 is 0 Å². The first kappa shape index (κ1) is 17.7. The van der Waals surface area contributed by atoms with E-state index in [-0.39, 0.29) is 24.6 Å². The average molecular weight is 270 g/mol. The number of hydrogen-bond acceptors (Lipinski definition) is 4. The van der Waals surface area contributed by atoms with E-state index in [1.54, 1.807) is 6.08 Å². The number of unbranched alkanes of at least 4 members (excludes halogenated alkanes) is 1. The lowest BCUT2D eigenvalue weighted by molar-refractivity contribution is -0.147. The molecule has 0 fully saturated rings. The molecule has 0 aromatic carbocycles. The van der Waals surface area contributed by atoms with Crippen LogP contribution in [0.2, 0.25) is 0 Å². The average Bonchev–Trinajstić information content (AvgIpc) is 2.38. The van der Waals surface area contributed by atoms with Crippen LogP contribution in [0.3, 0.4) is 0 Å². The Bertz CT molecular complexity index is 307. The predicted molar refractivity (Wildman–Crippen MR) is 74.7 cm³/mol. The number of hydrogen-bond donors (Lipinski definition) is 0. The zero-order chi connectivity index (χ0) is 14.7. The molecule has 0 radical (unpaired) electrons. The van der Waals surface area contributed by atoms with E-state index in [1.165, 1.54) is 0 Å². The summed E-state index contributed by atoms with van der Waals surface area (Å²) in [6.07, 6.45) is 5.26. The minimum atomic E-state index is -0.382. The molecule has 0 heterocycles. The molecule has 0 aromatic heterocycles. The van der Waals surface area contributed by atoms with Crippen molar-refractivity contribution in [3.05, 3.63) is 11.6 Å². The summed E-state index contributed by atoms with van der Waals surface area (Å²) < 4.78 is 10.3. The van der Waals surface area contributed by atoms with Gasteiger partial charge in [0, 0.05) is 6.42 Å². The van der Waals surface area contributed by atoms with Crippen LogP contribution in [0.15, 0.2) is 11.6 Å². The van der Waals surface area contributed by atoms with Gasteiger partial charge in [0.2, 0.25) is 0 Å². The Labute approximate surface area is 116 Å². The third-order valence-electron chi connectivity index (χ3n) is 2.67. The van der Waals surface area contributed by atoms with Gasteiger partial charge in [-0.1, -0.05) is 33.3 Å². The van der Waals surface area contributed by atoms with E-state index >= 15 is 0 Å². The summed E-state index contributed by atoms with van der Waals surface area (Å²) in [6, 6.07) is 0.